The van der Waals surface area contributed by atoms with Gasteiger partial charge in [-0.3, -0.25) is 4.57 Å². The van der Waals surface area contributed by atoms with Crippen LogP contribution in [0.5, 0.6) is 0 Å². The van der Waals surface area contributed by atoms with E-state index in [1.807, 2.05) is 44.2 Å². The molecule has 37 heavy (non-hydrogen) atoms. The summed E-state index contributed by atoms with van der Waals surface area (Å²) in [4.78, 5) is 0. The van der Waals surface area contributed by atoms with Crippen molar-refractivity contribution in [2.24, 2.45) is 0 Å². The fraction of sp³-hybridized carbons (Fsp3) is 0.760. The van der Waals surface area contributed by atoms with Gasteiger partial charge in [0.1, 0.15) is 24.4 Å². The molecule has 0 radical (unpaired) electrons. The molecule has 1 aromatic rings. The Morgan fingerprint density at radius 2 is 1.65 bits per heavy atom. The molecule has 4 rings (SSSR count). The van der Waals surface area contributed by atoms with E-state index in [-0.39, 0.29) is 26.4 Å². The molecule has 0 saturated carbocycles. The Morgan fingerprint density at radius 3 is 2.24 bits per heavy atom. The molecule has 0 bridgehead atoms. The zero-order valence-electron chi connectivity index (χ0n) is 22.4. The summed E-state index contributed by atoms with van der Waals surface area (Å²) >= 11 is 0. The van der Waals surface area contributed by atoms with Gasteiger partial charge in [-0.15, -0.1) is 5.06 Å². The summed E-state index contributed by atoms with van der Waals surface area (Å²) in [5, 5.41) is 12.4. The van der Waals surface area contributed by atoms with Crippen molar-refractivity contribution in [3.8, 4) is 0 Å². The van der Waals surface area contributed by atoms with Gasteiger partial charge in [0, 0.05) is 0 Å². The number of hydroxylamine groups is 2. The van der Waals surface area contributed by atoms with Crippen molar-refractivity contribution < 1.29 is 47.2 Å². The van der Waals surface area contributed by atoms with Gasteiger partial charge in [-0.1, -0.05) is 30.3 Å². The molecule has 1 unspecified atom stereocenters. The number of fused-ring (bicyclic) bond motifs is 1. The minimum Gasteiger partial charge on any atom is -0.374 e. The van der Waals surface area contributed by atoms with Gasteiger partial charge in [0.05, 0.1) is 33.0 Å². The van der Waals surface area contributed by atoms with Crippen LogP contribution >= 0.6 is 7.60 Å². The smallest absolute Gasteiger partial charge is 0.352 e. The van der Waals surface area contributed by atoms with Gasteiger partial charge in [0.15, 0.2) is 23.6 Å². The van der Waals surface area contributed by atoms with Crippen LogP contribution in [0.2, 0.25) is 0 Å². The maximum Gasteiger partial charge on any atom is 0.352 e. The van der Waals surface area contributed by atoms with Crippen LogP contribution in [0.1, 0.15) is 47.1 Å². The number of ether oxygens (including phenoxy) is 6. The van der Waals surface area contributed by atoms with Gasteiger partial charge >= 0.3 is 7.60 Å². The quantitative estimate of drug-likeness (QED) is 0.305. The molecule has 3 fully saturated rings. The fourth-order valence-electron chi connectivity index (χ4n) is 4.90. The molecule has 3 aliphatic heterocycles. The highest BCUT2D eigenvalue weighted by molar-refractivity contribution is 7.54. The van der Waals surface area contributed by atoms with E-state index in [4.69, 9.17) is 37.5 Å². The number of rotatable bonds is 12. The Morgan fingerprint density at radius 1 is 1.00 bits per heavy atom. The van der Waals surface area contributed by atoms with Gasteiger partial charge in [0.2, 0.25) is 0 Å². The molecule has 0 amide bonds. The third-order valence-electron chi connectivity index (χ3n) is 6.39. The van der Waals surface area contributed by atoms with Crippen molar-refractivity contribution in [1.29, 1.82) is 0 Å². The molecule has 11 nitrogen and oxygen atoms in total. The molecule has 0 aliphatic carbocycles. The van der Waals surface area contributed by atoms with Crippen molar-refractivity contribution in [3.05, 3.63) is 35.9 Å². The van der Waals surface area contributed by atoms with E-state index in [0.29, 0.717) is 6.61 Å². The Hall–Kier alpha value is -0.950. The largest absolute Gasteiger partial charge is 0.374 e. The average molecular weight is 546 g/mol. The second-order valence-electron chi connectivity index (χ2n) is 10.2. The summed E-state index contributed by atoms with van der Waals surface area (Å²) in [7, 11) is -3.88. The lowest BCUT2D eigenvalue weighted by molar-refractivity contribution is -0.279. The first kappa shape index (κ1) is 29.0. The zero-order valence-corrected chi connectivity index (χ0v) is 23.3. The van der Waals surface area contributed by atoms with Crippen molar-refractivity contribution in [1.82, 2.24) is 5.06 Å². The number of nitrogens with zero attached hydrogens (tertiary/aromatic N) is 1. The van der Waals surface area contributed by atoms with Crippen molar-refractivity contribution >= 4 is 7.60 Å². The summed E-state index contributed by atoms with van der Waals surface area (Å²) in [6.07, 6.45) is -3.36. The van der Waals surface area contributed by atoms with Crippen LogP contribution < -0.4 is 0 Å². The first-order chi connectivity index (χ1) is 17.5. The first-order valence-electron chi connectivity index (χ1n) is 12.8. The van der Waals surface area contributed by atoms with Crippen LogP contribution in [-0.2, 0) is 48.6 Å². The van der Waals surface area contributed by atoms with Gasteiger partial charge < -0.3 is 42.7 Å². The van der Waals surface area contributed by atoms with Crippen molar-refractivity contribution in [2.45, 2.75) is 96.2 Å². The summed E-state index contributed by atoms with van der Waals surface area (Å²) < 4.78 is 61.4. The summed E-state index contributed by atoms with van der Waals surface area (Å²) in [6, 6.07) is 9.56. The van der Waals surface area contributed by atoms with Crippen LogP contribution in [0.3, 0.4) is 0 Å². The molecule has 1 aromatic carbocycles. The summed E-state index contributed by atoms with van der Waals surface area (Å²) in [6.45, 7) is 11.3. The topological polar surface area (TPSA) is 114 Å². The molecule has 1 N–H and O–H groups in total. The van der Waals surface area contributed by atoms with E-state index in [1.165, 1.54) is 0 Å². The van der Waals surface area contributed by atoms with E-state index in [1.54, 1.807) is 27.7 Å². The lowest BCUT2D eigenvalue weighted by atomic mass is 10.1. The SMILES string of the molecule is CCOP(=O)(OCC)[C@H](COCc1ccccc1)N(O)[C@H]1O[C@H](C2COC(C)(C)O2)[C@@H]2OC(C)(C)O[C@@H]21. The first-order valence-corrected chi connectivity index (χ1v) is 14.4. The van der Waals surface area contributed by atoms with E-state index in [0.717, 1.165) is 10.6 Å². The minimum atomic E-state index is -3.88. The third-order valence-corrected chi connectivity index (χ3v) is 8.74. The molecule has 0 aromatic heterocycles. The van der Waals surface area contributed by atoms with E-state index in [2.05, 4.69) is 0 Å². The van der Waals surface area contributed by atoms with Crippen LogP contribution in [0, 0.1) is 0 Å². The van der Waals surface area contributed by atoms with Gasteiger partial charge in [-0.25, -0.2) is 0 Å². The average Bonchev–Trinajstić information content (AvgIpc) is 3.46. The van der Waals surface area contributed by atoms with Gasteiger partial charge in [-0.2, -0.15) is 0 Å². The maximum atomic E-state index is 13.9. The molecular formula is C25H40NO10P. The van der Waals surface area contributed by atoms with E-state index < -0.39 is 55.6 Å². The Balaban J connectivity index is 1.57. The summed E-state index contributed by atoms with van der Waals surface area (Å²) in [5.41, 5.74) is 0.931. The molecule has 210 valence electrons. The molecule has 12 heteroatoms. The van der Waals surface area contributed by atoms with Crippen LogP contribution in [0.25, 0.3) is 0 Å². The highest BCUT2D eigenvalue weighted by Gasteiger charge is 2.62. The minimum absolute atomic E-state index is 0.121. The predicted molar refractivity (Wildman–Crippen MR) is 132 cm³/mol. The van der Waals surface area contributed by atoms with Crippen LogP contribution in [0.4, 0.5) is 0 Å². The van der Waals surface area contributed by atoms with Gasteiger partial charge in [-0.05, 0) is 47.1 Å². The number of hydrogen-bond donors (Lipinski definition) is 1. The second-order valence-corrected chi connectivity index (χ2v) is 12.4. The number of benzene rings is 1. The molecular weight excluding hydrogens is 505 g/mol. The van der Waals surface area contributed by atoms with Crippen molar-refractivity contribution in [3.63, 3.8) is 0 Å². The lowest BCUT2D eigenvalue weighted by Crippen LogP contribution is -2.49. The highest BCUT2D eigenvalue weighted by atomic mass is 31.2. The third kappa shape index (κ3) is 6.62. The Kier molecular flexibility index (Phi) is 9.15. The molecule has 3 aliphatic rings. The van der Waals surface area contributed by atoms with Crippen molar-refractivity contribution in [2.75, 3.05) is 26.4 Å². The standard InChI is InChI=1S/C25H40NO10P/c1-7-31-37(28,32-8-2)19(16-29-14-17-12-10-9-11-13-17)26(27)23-22-21(35-25(5,6)36-22)20(33-23)18-15-30-24(3,4)34-18/h9-13,18-23,27H,7-8,14-16H2,1-6H3/t18?,19-,20-,21+,22+,23+/m1/s1. The lowest BCUT2D eigenvalue weighted by Gasteiger charge is -2.36. The van der Waals surface area contributed by atoms with Crippen LogP contribution in [-0.4, -0.2) is 84.7 Å². The monoisotopic (exact) mass is 545 g/mol. The zero-order chi connectivity index (χ0) is 26.8. The number of hydrogen-bond acceptors (Lipinski definition) is 11. The van der Waals surface area contributed by atoms with E-state index >= 15 is 0 Å². The highest BCUT2D eigenvalue weighted by Crippen LogP contribution is 2.55. The summed E-state index contributed by atoms with van der Waals surface area (Å²) in [5.74, 6) is -2.89. The fourth-order valence-corrected chi connectivity index (χ4v) is 6.75. The van der Waals surface area contributed by atoms with E-state index in [9.17, 15) is 9.77 Å². The predicted octanol–water partition coefficient (Wildman–Crippen LogP) is 3.88. The molecule has 3 heterocycles. The second kappa shape index (κ2) is 11.7. The van der Waals surface area contributed by atoms with Gasteiger partial charge in [0.25, 0.3) is 0 Å². The van der Waals surface area contributed by atoms with Crippen LogP contribution in [0.15, 0.2) is 30.3 Å². The molecule has 0 spiro atoms. The maximum absolute atomic E-state index is 13.9. The Bertz CT molecular complexity index is 921. The normalized spacial score (nSPS) is 31.6. The molecule has 6 atom stereocenters. The Labute approximate surface area is 218 Å². The molecule has 3 saturated heterocycles.